The number of aliphatic imine (C=N–C) groups is 1. The molecule has 0 atom stereocenters. The zero-order chi connectivity index (χ0) is 8.60. The maximum absolute atomic E-state index is 5.34. The van der Waals surface area contributed by atoms with Crippen molar-refractivity contribution in [1.82, 2.24) is 10.7 Å². The highest BCUT2D eigenvalue weighted by Gasteiger charge is 2.38. The molecule has 2 fully saturated rings. The summed E-state index contributed by atoms with van der Waals surface area (Å²) >= 11 is 0. The van der Waals surface area contributed by atoms with Crippen molar-refractivity contribution in [3.63, 3.8) is 0 Å². The molecule has 12 heavy (non-hydrogen) atoms. The molecular weight excluding hydrogens is 152 g/mol. The largest absolute Gasteiger partial charge is 0.350 e. The molecule has 4 heteroatoms. The van der Waals surface area contributed by atoms with Gasteiger partial charge < -0.3 is 5.32 Å². The summed E-state index contributed by atoms with van der Waals surface area (Å²) in [4.78, 5) is 4.40. The lowest BCUT2D eigenvalue weighted by Gasteiger charge is -2.14. The van der Waals surface area contributed by atoms with Crippen LogP contribution >= 0.6 is 0 Å². The quantitative estimate of drug-likeness (QED) is 0.237. The molecule has 0 aromatic heterocycles. The van der Waals surface area contributed by atoms with Crippen LogP contribution < -0.4 is 16.6 Å². The molecule has 0 amide bonds. The first-order valence-corrected chi connectivity index (χ1v) is 4.54. The van der Waals surface area contributed by atoms with E-state index in [9.17, 15) is 0 Å². The number of nitrogens with zero attached hydrogens (tertiary/aromatic N) is 1. The van der Waals surface area contributed by atoms with E-state index in [1.54, 1.807) is 0 Å². The summed E-state index contributed by atoms with van der Waals surface area (Å²) in [5, 5.41) is 3.30. The molecule has 0 bridgehead atoms. The lowest BCUT2D eigenvalue weighted by atomic mass is 10.3. The second kappa shape index (κ2) is 2.62. The number of rotatable bonds is 2. The molecular formula is C8H16N4. The van der Waals surface area contributed by atoms with Gasteiger partial charge in [0.25, 0.3) is 0 Å². The Kier molecular flexibility index (Phi) is 1.72. The predicted molar refractivity (Wildman–Crippen MR) is 48.6 cm³/mol. The van der Waals surface area contributed by atoms with Gasteiger partial charge in [0.15, 0.2) is 0 Å². The highest BCUT2D eigenvalue weighted by molar-refractivity contribution is 5.80. The van der Waals surface area contributed by atoms with Gasteiger partial charge in [-0.15, -0.1) is 0 Å². The van der Waals surface area contributed by atoms with Crippen molar-refractivity contribution >= 4 is 5.96 Å². The monoisotopic (exact) mass is 168 g/mol. The van der Waals surface area contributed by atoms with Crippen LogP contribution in [0.4, 0.5) is 0 Å². The topological polar surface area (TPSA) is 62.4 Å². The molecule has 4 N–H and O–H groups in total. The Labute approximate surface area is 72.6 Å². The molecule has 2 rings (SSSR count). The highest BCUT2D eigenvalue weighted by atomic mass is 15.4. The van der Waals surface area contributed by atoms with Crippen LogP contribution in [0.25, 0.3) is 0 Å². The summed E-state index contributed by atoms with van der Waals surface area (Å²) in [6.07, 6.45) is 4.86. The van der Waals surface area contributed by atoms with E-state index in [4.69, 9.17) is 5.84 Å². The van der Waals surface area contributed by atoms with Crippen molar-refractivity contribution in [3.8, 4) is 0 Å². The van der Waals surface area contributed by atoms with E-state index in [1.807, 2.05) is 0 Å². The number of guanidine groups is 1. The molecule has 2 aliphatic carbocycles. The van der Waals surface area contributed by atoms with Gasteiger partial charge in [-0.2, -0.15) is 0 Å². The fourth-order valence-corrected chi connectivity index (χ4v) is 1.09. The molecule has 4 nitrogen and oxygen atoms in total. The van der Waals surface area contributed by atoms with E-state index < -0.39 is 0 Å². The average Bonchev–Trinajstić information content (AvgIpc) is 2.90. The lowest BCUT2D eigenvalue weighted by Crippen LogP contribution is -2.46. The van der Waals surface area contributed by atoms with Crippen LogP contribution in [0.2, 0.25) is 0 Å². The maximum atomic E-state index is 5.34. The SMILES string of the molecule is CC1(NC(=NC2CC2)NN)CC1. The van der Waals surface area contributed by atoms with Gasteiger partial charge >= 0.3 is 0 Å². The summed E-state index contributed by atoms with van der Waals surface area (Å²) in [6.45, 7) is 2.19. The second-order valence-electron chi connectivity index (χ2n) is 4.04. The molecule has 68 valence electrons. The lowest BCUT2D eigenvalue weighted by molar-refractivity contribution is 0.644. The Morgan fingerprint density at radius 3 is 2.58 bits per heavy atom. The summed E-state index contributed by atoms with van der Waals surface area (Å²) < 4.78 is 0. The Balaban J connectivity index is 1.88. The van der Waals surface area contributed by atoms with E-state index >= 15 is 0 Å². The van der Waals surface area contributed by atoms with Crippen molar-refractivity contribution in [2.45, 2.75) is 44.2 Å². The second-order valence-corrected chi connectivity index (χ2v) is 4.04. The minimum atomic E-state index is 0.264. The Bertz CT molecular complexity index is 203. The zero-order valence-corrected chi connectivity index (χ0v) is 7.43. The fourth-order valence-electron chi connectivity index (χ4n) is 1.09. The standard InChI is InChI=1S/C8H16N4/c1-8(4-5-8)11-7(12-9)10-6-2-3-6/h6H,2-5,9H2,1H3,(H2,10,11,12). The van der Waals surface area contributed by atoms with Gasteiger partial charge in [0, 0.05) is 5.54 Å². The van der Waals surface area contributed by atoms with Gasteiger partial charge in [-0.05, 0) is 32.6 Å². The molecule has 0 aromatic carbocycles. The first-order chi connectivity index (χ1) is 5.72. The van der Waals surface area contributed by atoms with Crippen molar-refractivity contribution < 1.29 is 0 Å². The number of hydrogen-bond donors (Lipinski definition) is 3. The third-order valence-electron chi connectivity index (χ3n) is 2.42. The third kappa shape index (κ3) is 1.88. The van der Waals surface area contributed by atoms with E-state index in [0.29, 0.717) is 6.04 Å². The molecule has 0 heterocycles. The normalized spacial score (nSPS) is 26.7. The predicted octanol–water partition coefficient (Wildman–Crippen LogP) is 0.110. The maximum Gasteiger partial charge on any atom is 0.206 e. The van der Waals surface area contributed by atoms with Gasteiger partial charge in [0.05, 0.1) is 6.04 Å². The van der Waals surface area contributed by atoms with Crippen molar-refractivity contribution in [2.24, 2.45) is 10.8 Å². The summed E-state index contributed by atoms with van der Waals surface area (Å²) in [5.74, 6) is 6.10. The van der Waals surface area contributed by atoms with E-state index in [-0.39, 0.29) is 5.54 Å². The Hall–Kier alpha value is -0.770. The zero-order valence-electron chi connectivity index (χ0n) is 7.43. The van der Waals surface area contributed by atoms with Crippen LogP contribution in [0.5, 0.6) is 0 Å². The summed E-state index contributed by atoms with van der Waals surface area (Å²) in [6, 6.07) is 0.519. The van der Waals surface area contributed by atoms with Crippen molar-refractivity contribution in [2.75, 3.05) is 0 Å². The highest BCUT2D eigenvalue weighted by Crippen LogP contribution is 2.34. The summed E-state index contributed by atoms with van der Waals surface area (Å²) in [7, 11) is 0. The minimum absolute atomic E-state index is 0.264. The smallest absolute Gasteiger partial charge is 0.206 e. The Morgan fingerprint density at radius 2 is 2.17 bits per heavy atom. The number of nitrogens with one attached hydrogen (secondary N) is 2. The molecule has 0 aromatic rings. The molecule has 0 aliphatic heterocycles. The van der Waals surface area contributed by atoms with Gasteiger partial charge in [0.2, 0.25) is 5.96 Å². The van der Waals surface area contributed by atoms with E-state index in [2.05, 4.69) is 22.7 Å². The van der Waals surface area contributed by atoms with Gasteiger partial charge in [-0.1, -0.05) is 0 Å². The van der Waals surface area contributed by atoms with E-state index in [1.165, 1.54) is 25.7 Å². The van der Waals surface area contributed by atoms with Gasteiger partial charge in [0.1, 0.15) is 0 Å². The molecule has 2 aliphatic rings. The number of hydrazine groups is 1. The van der Waals surface area contributed by atoms with Crippen LogP contribution in [0.15, 0.2) is 4.99 Å². The van der Waals surface area contributed by atoms with Crippen molar-refractivity contribution in [3.05, 3.63) is 0 Å². The van der Waals surface area contributed by atoms with Crippen LogP contribution in [-0.4, -0.2) is 17.5 Å². The number of hydrogen-bond acceptors (Lipinski definition) is 2. The van der Waals surface area contributed by atoms with Crippen LogP contribution in [-0.2, 0) is 0 Å². The average molecular weight is 168 g/mol. The third-order valence-corrected chi connectivity index (χ3v) is 2.42. The molecule has 0 radical (unpaired) electrons. The fraction of sp³-hybridized carbons (Fsp3) is 0.875. The van der Waals surface area contributed by atoms with Crippen LogP contribution in [0.1, 0.15) is 32.6 Å². The van der Waals surface area contributed by atoms with E-state index in [0.717, 1.165) is 5.96 Å². The van der Waals surface area contributed by atoms with Crippen LogP contribution in [0.3, 0.4) is 0 Å². The van der Waals surface area contributed by atoms with Gasteiger partial charge in [-0.25, -0.2) is 10.8 Å². The number of nitrogens with two attached hydrogens (primary N) is 1. The molecule has 0 unspecified atom stereocenters. The Morgan fingerprint density at radius 1 is 1.50 bits per heavy atom. The molecule has 0 spiro atoms. The van der Waals surface area contributed by atoms with Crippen molar-refractivity contribution in [1.29, 1.82) is 0 Å². The van der Waals surface area contributed by atoms with Crippen LogP contribution in [0, 0.1) is 0 Å². The molecule has 0 saturated heterocycles. The first kappa shape index (κ1) is 7.86. The molecule has 2 saturated carbocycles. The first-order valence-electron chi connectivity index (χ1n) is 4.54. The summed E-state index contributed by atoms with van der Waals surface area (Å²) in [5.41, 5.74) is 2.87. The minimum Gasteiger partial charge on any atom is -0.350 e. The van der Waals surface area contributed by atoms with Gasteiger partial charge in [-0.3, -0.25) is 5.43 Å².